The lowest BCUT2D eigenvalue weighted by Gasteiger charge is -2.26. The Labute approximate surface area is 68.4 Å². The zero-order chi connectivity index (χ0) is 8.32. The minimum atomic E-state index is 0.440. The number of amides is 1. The summed E-state index contributed by atoms with van der Waals surface area (Å²) in [5.74, 6) is 0.688. The molecule has 0 bridgehead atoms. The fourth-order valence-electron chi connectivity index (χ4n) is 1.97. The fraction of sp³-hybridized carbons (Fsp3) is 0.889. The van der Waals surface area contributed by atoms with Crippen LogP contribution in [0.5, 0.6) is 0 Å². The summed E-state index contributed by atoms with van der Waals surface area (Å²) in [4.78, 5) is 10.1. The molecule has 0 heterocycles. The van der Waals surface area contributed by atoms with Gasteiger partial charge in [0.1, 0.15) is 0 Å². The maximum absolute atomic E-state index is 10.1. The summed E-state index contributed by atoms with van der Waals surface area (Å²) >= 11 is 0. The molecule has 0 aromatic rings. The number of hydrogen-bond donors (Lipinski definition) is 1. The molecule has 0 saturated heterocycles. The fourth-order valence-corrected chi connectivity index (χ4v) is 1.97. The minimum Gasteiger partial charge on any atom is -0.358 e. The lowest BCUT2D eigenvalue weighted by atomic mass is 9.82. The van der Waals surface area contributed by atoms with Gasteiger partial charge in [-0.1, -0.05) is 20.3 Å². The zero-order valence-corrected chi connectivity index (χ0v) is 7.39. The molecule has 1 aliphatic carbocycles. The molecule has 0 radical (unpaired) electrons. The summed E-state index contributed by atoms with van der Waals surface area (Å²) in [7, 11) is 0. The van der Waals surface area contributed by atoms with Crippen molar-refractivity contribution in [1.29, 1.82) is 0 Å². The van der Waals surface area contributed by atoms with Crippen LogP contribution in [0, 0.1) is 11.3 Å². The molecular formula is C9H17NO. The van der Waals surface area contributed by atoms with Gasteiger partial charge < -0.3 is 5.32 Å². The van der Waals surface area contributed by atoms with Gasteiger partial charge in [-0.2, -0.15) is 0 Å². The summed E-state index contributed by atoms with van der Waals surface area (Å²) in [5.41, 5.74) is 0.440. The summed E-state index contributed by atoms with van der Waals surface area (Å²) in [6.07, 6.45) is 4.69. The highest BCUT2D eigenvalue weighted by atomic mass is 16.1. The molecule has 0 aromatic carbocycles. The molecule has 0 aromatic heterocycles. The largest absolute Gasteiger partial charge is 0.358 e. The van der Waals surface area contributed by atoms with Gasteiger partial charge in [-0.25, -0.2) is 0 Å². The second-order valence-corrected chi connectivity index (χ2v) is 4.10. The zero-order valence-electron chi connectivity index (χ0n) is 7.39. The predicted octanol–water partition coefficient (Wildman–Crippen LogP) is 1.56. The van der Waals surface area contributed by atoms with E-state index in [9.17, 15) is 4.79 Å². The van der Waals surface area contributed by atoms with Crippen LogP contribution in [0.15, 0.2) is 0 Å². The van der Waals surface area contributed by atoms with Gasteiger partial charge in [0.15, 0.2) is 0 Å². The van der Waals surface area contributed by atoms with Crippen molar-refractivity contribution < 1.29 is 4.79 Å². The van der Waals surface area contributed by atoms with E-state index in [1.807, 2.05) is 0 Å². The Hall–Kier alpha value is -0.530. The number of carbonyl (C=O) groups is 1. The third kappa shape index (κ3) is 1.95. The van der Waals surface area contributed by atoms with Gasteiger partial charge in [0.25, 0.3) is 0 Å². The molecule has 1 fully saturated rings. The van der Waals surface area contributed by atoms with Gasteiger partial charge in [0, 0.05) is 6.54 Å². The molecule has 1 N–H and O–H groups in total. The van der Waals surface area contributed by atoms with E-state index >= 15 is 0 Å². The van der Waals surface area contributed by atoms with Crippen LogP contribution < -0.4 is 5.32 Å². The average molecular weight is 155 g/mol. The van der Waals surface area contributed by atoms with Gasteiger partial charge in [0.05, 0.1) is 0 Å². The maximum Gasteiger partial charge on any atom is 0.207 e. The highest BCUT2D eigenvalue weighted by molar-refractivity contribution is 5.45. The first-order chi connectivity index (χ1) is 5.17. The van der Waals surface area contributed by atoms with Gasteiger partial charge in [-0.15, -0.1) is 0 Å². The monoisotopic (exact) mass is 155 g/mol. The van der Waals surface area contributed by atoms with E-state index in [2.05, 4.69) is 19.2 Å². The standard InChI is InChI=1S/C9H17NO/c1-9(2)5-3-4-8(9)6-10-7-11/h7-8H,3-6H2,1-2H3,(H,10,11). The molecule has 1 aliphatic rings. The van der Waals surface area contributed by atoms with E-state index in [4.69, 9.17) is 0 Å². The van der Waals surface area contributed by atoms with Crippen molar-refractivity contribution in [3.8, 4) is 0 Å². The summed E-state index contributed by atoms with van der Waals surface area (Å²) < 4.78 is 0. The number of nitrogens with one attached hydrogen (secondary N) is 1. The smallest absolute Gasteiger partial charge is 0.207 e. The molecule has 1 saturated carbocycles. The van der Waals surface area contributed by atoms with Gasteiger partial charge in [-0.3, -0.25) is 4.79 Å². The second-order valence-electron chi connectivity index (χ2n) is 4.10. The van der Waals surface area contributed by atoms with E-state index in [0.29, 0.717) is 11.3 Å². The van der Waals surface area contributed by atoms with Crippen LogP contribution in [0.4, 0.5) is 0 Å². The first kappa shape index (κ1) is 8.57. The van der Waals surface area contributed by atoms with E-state index in [0.717, 1.165) is 13.0 Å². The van der Waals surface area contributed by atoms with Crippen LogP contribution in [0.25, 0.3) is 0 Å². The lowest BCUT2D eigenvalue weighted by Crippen LogP contribution is -2.28. The Kier molecular flexibility index (Phi) is 2.53. The van der Waals surface area contributed by atoms with Crippen LogP contribution in [0.1, 0.15) is 33.1 Å². The van der Waals surface area contributed by atoms with Crippen LogP contribution >= 0.6 is 0 Å². The number of rotatable bonds is 3. The third-order valence-electron chi connectivity index (χ3n) is 2.93. The molecule has 0 spiro atoms. The van der Waals surface area contributed by atoms with Crippen LogP contribution in [0.2, 0.25) is 0 Å². The van der Waals surface area contributed by atoms with E-state index in [1.54, 1.807) is 0 Å². The minimum absolute atomic E-state index is 0.440. The second kappa shape index (κ2) is 3.24. The average Bonchev–Trinajstić information content (AvgIpc) is 2.25. The van der Waals surface area contributed by atoms with Gasteiger partial charge in [-0.05, 0) is 24.2 Å². The van der Waals surface area contributed by atoms with E-state index in [-0.39, 0.29) is 0 Å². The number of carbonyl (C=O) groups excluding carboxylic acids is 1. The number of hydrogen-bond acceptors (Lipinski definition) is 1. The summed E-state index contributed by atoms with van der Waals surface area (Å²) in [5, 5.41) is 2.77. The molecule has 0 aliphatic heterocycles. The normalized spacial score (nSPS) is 28.4. The first-order valence-electron chi connectivity index (χ1n) is 4.34. The van der Waals surface area contributed by atoms with Crippen LogP contribution in [-0.2, 0) is 4.79 Å². The highest BCUT2D eigenvalue weighted by Gasteiger charge is 2.33. The molecule has 1 amide bonds. The van der Waals surface area contributed by atoms with Crippen molar-refractivity contribution in [3.05, 3.63) is 0 Å². The summed E-state index contributed by atoms with van der Waals surface area (Å²) in [6, 6.07) is 0. The molecular weight excluding hydrogens is 138 g/mol. The molecule has 1 atom stereocenters. The Morgan fingerprint density at radius 1 is 1.64 bits per heavy atom. The molecule has 2 heteroatoms. The molecule has 1 rings (SSSR count). The molecule has 2 nitrogen and oxygen atoms in total. The van der Waals surface area contributed by atoms with Gasteiger partial charge >= 0.3 is 0 Å². The lowest BCUT2D eigenvalue weighted by molar-refractivity contribution is -0.109. The van der Waals surface area contributed by atoms with Crippen molar-refractivity contribution in [1.82, 2.24) is 5.32 Å². The SMILES string of the molecule is CC1(C)CCCC1CNC=O. The van der Waals surface area contributed by atoms with Crippen molar-refractivity contribution in [2.75, 3.05) is 6.54 Å². The van der Waals surface area contributed by atoms with Crippen molar-refractivity contribution in [3.63, 3.8) is 0 Å². The van der Waals surface area contributed by atoms with Crippen molar-refractivity contribution >= 4 is 6.41 Å². The Morgan fingerprint density at radius 2 is 2.36 bits per heavy atom. The molecule has 64 valence electrons. The Balaban J connectivity index is 2.38. The van der Waals surface area contributed by atoms with Gasteiger partial charge in [0.2, 0.25) is 6.41 Å². The quantitative estimate of drug-likeness (QED) is 0.616. The van der Waals surface area contributed by atoms with Crippen molar-refractivity contribution in [2.45, 2.75) is 33.1 Å². The van der Waals surface area contributed by atoms with E-state index < -0.39 is 0 Å². The Bertz CT molecular complexity index is 142. The highest BCUT2D eigenvalue weighted by Crippen LogP contribution is 2.41. The third-order valence-corrected chi connectivity index (χ3v) is 2.93. The molecule has 11 heavy (non-hydrogen) atoms. The maximum atomic E-state index is 10.1. The Morgan fingerprint density at radius 3 is 2.82 bits per heavy atom. The van der Waals surface area contributed by atoms with E-state index in [1.165, 1.54) is 19.3 Å². The summed E-state index contributed by atoms with van der Waals surface area (Å²) in [6.45, 7) is 5.44. The molecule has 1 unspecified atom stereocenters. The van der Waals surface area contributed by atoms with Crippen molar-refractivity contribution in [2.24, 2.45) is 11.3 Å². The topological polar surface area (TPSA) is 29.1 Å². The predicted molar refractivity (Wildman–Crippen MR) is 45.2 cm³/mol. The van der Waals surface area contributed by atoms with Crippen LogP contribution in [0.3, 0.4) is 0 Å². The van der Waals surface area contributed by atoms with Crippen LogP contribution in [-0.4, -0.2) is 13.0 Å². The first-order valence-corrected chi connectivity index (χ1v) is 4.34.